The summed E-state index contributed by atoms with van der Waals surface area (Å²) in [6, 6.07) is 21.3. The molecule has 0 atom stereocenters. The molecule has 1 fully saturated rings. The van der Waals surface area contributed by atoms with Crippen LogP contribution in [0.4, 0.5) is 11.4 Å². The number of piperazine rings is 1. The number of non-ortho nitro benzene ring substituents is 1. The van der Waals surface area contributed by atoms with Crippen LogP contribution in [-0.2, 0) is 13.2 Å². The van der Waals surface area contributed by atoms with E-state index in [4.69, 9.17) is 13.9 Å². The molecule has 0 radical (unpaired) electrons. The van der Waals surface area contributed by atoms with Crippen LogP contribution < -0.4 is 20.0 Å². The number of fused-ring (bicyclic) bond motifs is 1. The van der Waals surface area contributed by atoms with E-state index in [1.54, 1.807) is 31.4 Å². The Labute approximate surface area is 213 Å². The van der Waals surface area contributed by atoms with E-state index in [2.05, 4.69) is 21.9 Å². The average Bonchev–Trinajstić information content (AvgIpc) is 2.92. The number of anilines is 1. The first-order chi connectivity index (χ1) is 18.0. The summed E-state index contributed by atoms with van der Waals surface area (Å²) in [5.74, 6) is 1.40. The predicted molar refractivity (Wildman–Crippen MR) is 140 cm³/mol. The summed E-state index contributed by atoms with van der Waals surface area (Å²) in [4.78, 5) is 27.4. The van der Waals surface area contributed by atoms with Gasteiger partial charge in [-0.2, -0.15) is 0 Å². The predicted octanol–water partition coefficient (Wildman–Crippen LogP) is 4.61. The molecule has 1 aromatic heterocycles. The van der Waals surface area contributed by atoms with E-state index in [1.165, 1.54) is 17.8 Å². The highest BCUT2D eigenvalue weighted by molar-refractivity contribution is 5.81. The van der Waals surface area contributed by atoms with Crippen molar-refractivity contribution in [3.05, 3.63) is 104 Å². The number of nitrogens with zero attached hydrogens (tertiary/aromatic N) is 3. The van der Waals surface area contributed by atoms with Gasteiger partial charge < -0.3 is 18.8 Å². The number of hydrogen-bond donors (Lipinski definition) is 0. The number of benzene rings is 3. The Kier molecular flexibility index (Phi) is 7.04. The maximum Gasteiger partial charge on any atom is 0.336 e. The molecule has 0 amide bonds. The summed E-state index contributed by atoms with van der Waals surface area (Å²) in [7, 11) is 1.66. The third-order valence-electron chi connectivity index (χ3n) is 6.56. The molecule has 1 saturated heterocycles. The molecular formula is C28H27N3O6. The fourth-order valence-corrected chi connectivity index (χ4v) is 4.51. The molecule has 5 rings (SSSR count). The van der Waals surface area contributed by atoms with Gasteiger partial charge in [-0.25, -0.2) is 4.79 Å². The molecule has 1 aliphatic rings. The molecule has 0 spiro atoms. The van der Waals surface area contributed by atoms with Gasteiger partial charge in [0.2, 0.25) is 0 Å². The maximum absolute atomic E-state index is 12.3. The molecule has 1 aliphatic heterocycles. The first-order valence-corrected chi connectivity index (χ1v) is 12.0. The zero-order chi connectivity index (χ0) is 25.8. The molecule has 0 aliphatic carbocycles. The third-order valence-corrected chi connectivity index (χ3v) is 6.56. The molecule has 190 valence electrons. The fraction of sp³-hybridized carbons (Fsp3) is 0.250. The van der Waals surface area contributed by atoms with Crippen molar-refractivity contribution in [3.63, 3.8) is 0 Å². The Balaban J connectivity index is 1.24. The van der Waals surface area contributed by atoms with Crippen LogP contribution in [0.25, 0.3) is 11.0 Å². The summed E-state index contributed by atoms with van der Waals surface area (Å²) < 4.78 is 16.6. The second kappa shape index (κ2) is 10.7. The van der Waals surface area contributed by atoms with E-state index in [-0.39, 0.29) is 12.3 Å². The Morgan fingerprint density at radius 3 is 2.30 bits per heavy atom. The Hall–Kier alpha value is -4.37. The molecule has 0 N–H and O–H groups in total. The lowest BCUT2D eigenvalue weighted by atomic mass is 10.1. The highest BCUT2D eigenvalue weighted by Crippen LogP contribution is 2.26. The monoisotopic (exact) mass is 501 g/mol. The van der Waals surface area contributed by atoms with Crippen molar-refractivity contribution >= 4 is 22.3 Å². The lowest BCUT2D eigenvalue weighted by molar-refractivity contribution is -0.384. The molecule has 2 heterocycles. The highest BCUT2D eigenvalue weighted by Gasteiger charge is 2.19. The van der Waals surface area contributed by atoms with Gasteiger partial charge in [0.15, 0.2) is 0 Å². The number of rotatable bonds is 8. The first-order valence-electron chi connectivity index (χ1n) is 12.0. The summed E-state index contributed by atoms with van der Waals surface area (Å²) in [5, 5.41) is 11.7. The second-order valence-electron chi connectivity index (χ2n) is 8.92. The second-order valence-corrected chi connectivity index (χ2v) is 8.92. The molecule has 9 heteroatoms. The minimum atomic E-state index is -0.436. The van der Waals surface area contributed by atoms with Crippen molar-refractivity contribution in [3.8, 4) is 11.5 Å². The molecule has 3 aromatic carbocycles. The van der Waals surface area contributed by atoms with Crippen LogP contribution in [0.3, 0.4) is 0 Å². The molecule has 0 bridgehead atoms. The van der Waals surface area contributed by atoms with Gasteiger partial charge in [0, 0.05) is 68.1 Å². The van der Waals surface area contributed by atoms with Gasteiger partial charge in [0.05, 0.1) is 12.0 Å². The van der Waals surface area contributed by atoms with Crippen molar-refractivity contribution in [1.82, 2.24) is 4.90 Å². The van der Waals surface area contributed by atoms with Crippen molar-refractivity contribution in [2.75, 3.05) is 38.2 Å². The largest absolute Gasteiger partial charge is 0.497 e. The van der Waals surface area contributed by atoms with E-state index < -0.39 is 10.5 Å². The molecule has 0 unspecified atom stereocenters. The normalized spacial score (nSPS) is 14.0. The van der Waals surface area contributed by atoms with Gasteiger partial charge >= 0.3 is 5.63 Å². The Morgan fingerprint density at radius 2 is 1.62 bits per heavy atom. The van der Waals surface area contributed by atoms with E-state index >= 15 is 0 Å². The zero-order valence-corrected chi connectivity index (χ0v) is 20.5. The molecule has 9 nitrogen and oxygen atoms in total. The van der Waals surface area contributed by atoms with Crippen molar-refractivity contribution < 1.29 is 18.8 Å². The van der Waals surface area contributed by atoms with Crippen LogP contribution >= 0.6 is 0 Å². The Bertz CT molecular complexity index is 1440. The average molecular weight is 502 g/mol. The number of ether oxygens (including phenoxy) is 2. The van der Waals surface area contributed by atoms with Gasteiger partial charge in [0.1, 0.15) is 23.7 Å². The lowest BCUT2D eigenvalue weighted by Crippen LogP contribution is -2.46. The quantitative estimate of drug-likeness (QED) is 0.196. The first kappa shape index (κ1) is 24.3. The minimum Gasteiger partial charge on any atom is -0.497 e. The lowest BCUT2D eigenvalue weighted by Gasteiger charge is -2.36. The smallest absolute Gasteiger partial charge is 0.336 e. The number of nitro groups is 1. The van der Waals surface area contributed by atoms with Crippen LogP contribution in [0.15, 0.2) is 82.0 Å². The van der Waals surface area contributed by atoms with E-state index in [1.807, 2.05) is 24.3 Å². The summed E-state index contributed by atoms with van der Waals surface area (Å²) >= 11 is 0. The molecule has 0 saturated carbocycles. The number of hydrogen-bond acceptors (Lipinski definition) is 8. The number of methoxy groups -OCH3 is 1. The van der Waals surface area contributed by atoms with Gasteiger partial charge in [-0.3, -0.25) is 15.0 Å². The van der Waals surface area contributed by atoms with Crippen LogP contribution in [0, 0.1) is 10.1 Å². The highest BCUT2D eigenvalue weighted by atomic mass is 16.6. The van der Waals surface area contributed by atoms with Crippen molar-refractivity contribution in [2.45, 2.75) is 13.2 Å². The maximum atomic E-state index is 12.3. The van der Waals surface area contributed by atoms with Crippen LogP contribution in [0.2, 0.25) is 0 Å². The third kappa shape index (κ3) is 5.73. The van der Waals surface area contributed by atoms with Crippen LogP contribution in [-0.4, -0.2) is 43.1 Å². The Morgan fingerprint density at radius 1 is 0.919 bits per heavy atom. The van der Waals surface area contributed by atoms with Crippen molar-refractivity contribution in [2.24, 2.45) is 0 Å². The van der Waals surface area contributed by atoms with Crippen LogP contribution in [0.5, 0.6) is 11.5 Å². The fourth-order valence-electron chi connectivity index (χ4n) is 4.51. The summed E-state index contributed by atoms with van der Waals surface area (Å²) in [6.45, 7) is 4.44. The molecule has 37 heavy (non-hydrogen) atoms. The SMILES string of the molecule is COc1ccc(N2CCN(Cc3cc(=O)oc4cc(OCc5ccc([N+](=O)[O-])cc5)ccc34)CC2)cc1. The summed E-state index contributed by atoms with van der Waals surface area (Å²) in [6.07, 6.45) is 0. The van der Waals surface area contributed by atoms with Gasteiger partial charge in [-0.15, -0.1) is 0 Å². The molecule has 4 aromatic rings. The van der Waals surface area contributed by atoms with Gasteiger partial charge in [0.25, 0.3) is 5.69 Å². The topological polar surface area (TPSA) is 98.3 Å². The molecular weight excluding hydrogens is 474 g/mol. The number of nitro benzene ring substituents is 1. The standard InChI is InChI=1S/C28H27N3O6/c1-35-24-8-6-22(7-9-24)30-14-12-29(13-15-30)18-21-16-28(32)37-27-17-25(10-11-26(21)27)36-19-20-2-4-23(5-3-20)31(33)34/h2-11,16-17H,12-15,18-19H2,1H3. The van der Waals surface area contributed by atoms with Gasteiger partial charge in [-0.05, 0) is 59.7 Å². The van der Waals surface area contributed by atoms with Crippen molar-refractivity contribution in [1.29, 1.82) is 0 Å². The van der Waals surface area contributed by atoms with E-state index in [0.29, 0.717) is 17.9 Å². The summed E-state index contributed by atoms with van der Waals surface area (Å²) in [5.41, 5.74) is 3.01. The van der Waals surface area contributed by atoms with Gasteiger partial charge in [-0.1, -0.05) is 0 Å². The van der Waals surface area contributed by atoms with E-state index in [0.717, 1.165) is 48.4 Å². The minimum absolute atomic E-state index is 0.0332. The van der Waals surface area contributed by atoms with E-state index in [9.17, 15) is 14.9 Å². The zero-order valence-electron chi connectivity index (χ0n) is 20.5. The van der Waals surface area contributed by atoms with Crippen LogP contribution in [0.1, 0.15) is 11.1 Å².